The van der Waals surface area contributed by atoms with E-state index in [4.69, 9.17) is 5.11 Å². The molecule has 2 unspecified atom stereocenters. The molecular weight excluding hydrogens is 235 g/mol. The molecule has 1 amide bonds. The SMILES string of the molecule is CC(CO)C(C)NCC(=O)Nc1ccc(F)cc1. The predicted octanol–water partition coefficient (Wildman–Crippen LogP) is 1.37. The first-order valence-corrected chi connectivity index (χ1v) is 5.92. The van der Waals surface area contributed by atoms with E-state index >= 15 is 0 Å². The molecule has 0 aliphatic heterocycles. The van der Waals surface area contributed by atoms with Gasteiger partial charge in [0, 0.05) is 18.3 Å². The summed E-state index contributed by atoms with van der Waals surface area (Å²) in [7, 11) is 0. The van der Waals surface area contributed by atoms with Crippen LogP contribution in [0.15, 0.2) is 24.3 Å². The number of carbonyl (C=O) groups excluding carboxylic acids is 1. The molecule has 4 nitrogen and oxygen atoms in total. The van der Waals surface area contributed by atoms with E-state index in [0.717, 1.165) is 0 Å². The number of hydrogen-bond acceptors (Lipinski definition) is 3. The summed E-state index contributed by atoms with van der Waals surface area (Å²) in [5.41, 5.74) is 0.561. The fourth-order valence-electron chi connectivity index (χ4n) is 1.35. The highest BCUT2D eigenvalue weighted by Gasteiger charge is 2.11. The van der Waals surface area contributed by atoms with Gasteiger partial charge in [-0.05, 0) is 37.1 Å². The Kier molecular flexibility index (Phi) is 5.74. The molecular formula is C13H19FN2O2. The molecule has 0 saturated carbocycles. The van der Waals surface area contributed by atoms with E-state index < -0.39 is 0 Å². The molecule has 0 radical (unpaired) electrons. The average molecular weight is 254 g/mol. The fraction of sp³-hybridized carbons (Fsp3) is 0.462. The number of benzene rings is 1. The second-order valence-corrected chi connectivity index (χ2v) is 4.38. The summed E-state index contributed by atoms with van der Waals surface area (Å²) >= 11 is 0. The number of nitrogens with one attached hydrogen (secondary N) is 2. The fourth-order valence-corrected chi connectivity index (χ4v) is 1.35. The molecule has 0 aliphatic rings. The summed E-state index contributed by atoms with van der Waals surface area (Å²) < 4.78 is 12.7. The number of anilines is 1. The van der Waals surface area contributed by atoms with Gasteiger partial charge in [-0.3, -0.25) is 4.79 Å². The molecule has 1 aromatic rings. The summed E-state index contributed by atoms with van der Waals surface area (Å²) in [6.45, 7) is 4.04. The maximum absolute atomic E-state index is 12.7. The first-order chi connectivity index (χ1) is 8.52. The van der Waals surface area contributed by atoms with Crippen molar-refractivity contribution >= 4 is 11.6 Å². The lowest BCUT2D eigenvalue weighted by Crippen LogP contribution is -2.39. The molecule has 0 fully saturated rings. The lowest BCUT2D eigenvalue weighted by Gasteiger charge is -2.18. The Morgan fingerprint density at radius 3 is 2.50 bits per heavy atom. The third-order valence-corrected chi connectivity index (χ3v) is 2.85. The minimum absolute atomic E-state index is 0.0500. The molecule has 0 aromatic heterocycles. The first-order valence-electron chi connectivity index (χ1n) is 5.92. The zero-order chi connectivity index (χ0) is 13.5. The molecule has 1 aromatic carbocycles. The van der Waals surface area contributed by atoms with Crippen molar-refractivity contribution in [2.45, 2.75) is 19.9 Å². The van der Waals surface area contributed by atoms with Crippen LogP contribution >= 0.6 is 0 Å². The van der Waals surface area contributed by atoms with Gasteiger partial charge < -0.3 is 15.7 Å². The highest BCUT2D eigenvalue weighted by molar-refractivity contribution is 5.92. The molecule has 5 heteroatoms. The van der Waals surface area contributed by atoms with E-state index in [0.29, 0.717) is 5.69 Å². The number of hydrogen-bond donors (Lipinski definition) is 3. The standard InChI is InChI=1S/C13H19FN2O2/c1-9(8-17)10(2)15-7-13(18)16-12-5-3-11(14)4-6-12/h3-6,9-10,15,17H,7-8H2,1-2H3,(H,16,18). The second-order valence-electron chi connectivity index (χ2n) is 4.38. The normalized spacial score (nSPS) is 14.0. The number of carbonyl (C=O) groups is 1. The molecule has 2 atom stereocenters. The smallest absolute Gasteiger partial charge is 0.238 e. The van der Waals surface area contributed by atoms with Crippen molar-refractivity contribution in [1.82, 2.24) is 5.32 Å². The van der Waals surface area contributed by atoms with Gasteiger partial charge in [0.15, 0.2) is 0 Å². The summed E-state index contributed by atoms with van der Waals surface area (Å²) in [5.74, 6) is -0.446. The summed E-state index contributed by atoms with van der Waals surface area (Å²) in [6.07, 6.45) is 0. The number of aliphatic hydroxyl groups excluding tert-OH is 1. The molecule has 0 heterocycles. The van der Waals surface area contributed by atoms with Crippen LogP contribution in [-0.2, 0) is 4.79 Å². The van der Waals surface area contributed by atoms with E-state index in [2.05, 4.69) is 10.6 Å². The lowest BCUT2D eigenvalue weighted by molar-refractivity contribution is -0.115. The van der Waals surface area contributed by atoms with Crippen LogP contribution in [0.4, 0.5) is 10.1 Å². The van der Waals surface area contributed by atoms with Gasteiger partial charge in [0.05, 0.1) is 6.54 Å². The monoisotopic (exact) mass is 254 g/mol. The molecule has 0 bridgehead atoms. The molecule has 18 heavy (non-hydrogen) atoms. The van der Waals surface area contributed by atoms with Crippen LogP contribution in [0.5, 0.6) is 0 Å². The molecule has 100 valence electrons. The third kappa shape index (κ3) is 4.81. The largest absolute Gasteiger partial charge is 0.396 e. The summed E-state index contributed by atoms with van der Waals surface area (Å²) in [5, 5.41) is 14.6. The molecule has 0 saturated heterocycles. The van der Waals surface area contributed by atoms with Crippen molar-refractivity contribution in [3.05, 3.63) is 30.1 Å². The van der Waals surface area contributed by atoms with Crippen LogP contribution in [0.1, 0.15) is 13.8 Å². The maximum Gasteiger partial charge on any atom is 0.238 e. The summed E-state index contributed by atoms with van der Waals surface area (Å²) in [6, 6.07) is 5.65. The van der Waals surface area contributed by atoms with Gasteiger partial charge in [0.25, 0.3) is 0 Å². The van der Waals surface area contributed by atoms with Gasteiger partial charge in [0.1, 0.15) is 5.82 Å². The van der Waals surface area contributed by atoms with Crippen LogP contribution in [0.3, 0.4) is 0 Å². The Morgan fingerprint density at radius 1 is 1.33 bits per heavy atom. The van der Waals surface area contributed by atoms with Crippen molar-refractivity contribution < 1.29 is 14.3 Å². The molecule has 1 rings (SSSR count). The Balaban J connectivity index is 2.36. The highest BCUT2D eigenvalue weighted by atomic mass is 19.1. The van der Waals surface area contributed by atoms with Crippen LogP contribution in [0.25, 0.3) is 0 Å². The molecule has 0 aliphatic carbocycles. The van der Waals surface area contributed by atoms with Crippen LogP contribution in [0.2, 0.25) is 0 Å². The predicted molar refractivity (Wildman–Crippen MR) is 68.7 cm³/mol. The Bertz CT molecular complexity index is 381. The van der Waals surface area contributed by atoms with Gasteiger partial charge in [-0.1, -0.05) is 6.92 Å². The Morgan fingerprint density at radius 2 is 1.94 bits per heavy atom. The minimum Gasteiger partial charge on any atom is -0.396 e. The number of rotatable bonds is 6. The number of halogens is 1. The zero-order valence-corrected chi connectivity index (χ0v) is 10.6. The molecule has 3 N–H and O–H groups in total. The van der Waals surface area contributed by atoms with Gasteiger partial charge in [-0.2, -0.15) is 0 Å². The van der Waals surface area contributed by atoms with Crippen LogP contribution in [0, 0.1) is 11.7 Å². The van der Waals surface area contributed by atoms with Crippen molar-refractivity contribution in [1.29, 1.82) is 0 Å². The first kappa shape index (κ1) is 14.6. The van der Waals surface area contributed by atoms with Crippen LogP contribution < -0.4 is 10.6 Å². The van der Waals surface area contributed by atoms with Crippen molar-refractivity contribution in [2.75, 3.05) is 18.5 Å². The number of amides is 1. The van der Waals surface area contributed by atoms with Crippen molar-refractivity contribution in [3.8, 4) is 0 Å². The van der Waals surface area contributed by atoms with E-state index in [9.17, 15) is 9.18 Å². The van der Waals surface area contributed by atoms with Crippen LogP contribution in [-0.4, -0.2) is 30.2 Å². The lowest BCUT2D eigenvalue weighted by atomic mass is 10.1. The zero-order valence-electron chi connectivity index (χ0n) is 10.6. The van der Waals surface area contributed by atoms with Crippen molar-refractivity contribution in [2.24, 2.45) is 5.92 Å². The van der Waals surface area contributed by atoms with Gasteiger partial charge in [-0.25, -0.2) is 4.39 Å². The van der Waals surface area contributed by atoms with E-state index in [1.807, 2.05) is 13.8 Å². The summed E-state index contributed by atoms with van der Waals surface area (Å²) in [4.78, 5) is 11.6. The minimum atomic E-state index is -0.337. The second kappa shape index (κ2) is 7.08. The Hall–Kier alpha value is -1.46. The highest BCUT2D eigenvalue weighted by Crippen LogP contribution is 2.07. The van der Waals surface area contributed by atoms with Gasteiger partial charge in [-0.15, -0.1) is 0 Å². The van der Waals surface area contributed by atoms with Gasteiger partial charge in [0.2, 0.25) is 5.91 Å². The van der Waals surface area contributed by atoms with E-state index in [1.165, 1.54) is 24.3 Å². The maximum atomic E-state index is 12.7. The third-order valence-electron chi connectivity index (χ3n) is 2.85. The van der Waals surface area contributed by atoms with E-state index in [-0.39, 0.29) is 36.8 Å². The van der Waals surface area contributed by atoms with Gasteiger partial charge >= 0.3 is 0 Å². The Labute approximate surface area is 106 Å². The average Bonchev–Trinajstić information content (AvgIpc) is 2.37. The molecule has 0 spiro atoms. The van der Waals surface area contributed by atoms with Crippen molar-refractivity contribution in [3.63, 3.8) is 0 Å². The topological polar surface area (TPSA) is 61.4 Å². The van der Waals surface area contributed by atoms with E-state index in [1.54, 1.807) is 0 Å². The quantitative estimate of drug-likeness (QED) is 0.718. The number of aliphatic hydroxyl groups is 1.